The Morgan fingerprint density at radius 2 is 1.86 bits per heavy atom. The Bertz CT molecular complexity index is 739. The fourth-order valence-corrected chi connectivity index (χ4v) is 2.37. The first-order valence-corrected chi connectivity index (χ1v) is 7.26. The van der Waals surface area contributed by atoms with Crippen LogP contribution in [0.3, 0.4) is 0 Å². The maximum Gasteiger partial charge on any atom is 0.325 e. The first kappa shape index (κ1) is 16.4. The summed E-state index contributed by atoms with van der Waals surface area (Å²) in [6, 6.07) is 10.8. The van der Waals surface area contributed by atoms with Crippen LogP contribution in [-0.4, -0.2) is 11.1 Å². The van der Waals surface area contributed by atoms with Gasteiger partial charge in [-0.25, -0.2) is 9.69 Å². The van der Waals surface area contributed by atoms with Crippen molar-refractivity contribution in [2.24, 2.45) is 5.73 Å². The molecule has 0 saturated heterocycles. The molecule has 2 aromatic carbocycles. The van der Waals surface area contributed by atoms with Gasteiger partial charge >= 0.3 is 6.03 Å². The lowest BCUT2D eigenvalue weighted by molar-refractivity contribution is 0.256. The van der Waals surface area contributed by atoms with Crippen molar-refractivity contribution >= 4 is 63.6 Å². The second-order valence-corrected chi connectivity index (χ2v) is 5.53. The van der Waals surface area contributed by atoms with Crippen molar-refractivity contribution in [2.75, 3.05) is 16.0 Å². The number of anilines is 3. The van der Waals surface area contributed by atoms with Gasteiger partial charge < -0.3 is 16.8 Å². The molecule has 0 heterocycles. The molecule has 0 aliphatic rings. The highest BCUT2D eigenvalue weighted by atomic mass is 35.5. The lowest BCUT2D eigenvalue weighted by Gasteiger charge is -2.22. The van der Waals surface area contributed by atoms with E-state index in [4.69, 9.17) is 46.9 Å². The third-order valence-corrected chi connectivity index (χ3v) is 3.75. The summed E-state index contributed by atoms with van der Waals surface area (Å²) in [6.07, 6.45) is 0. The van der Waals surface area contributed by atoms with Crippen molar-refractivity contribution in [3.8, 4) is 0 Å². The number of benzene rings is 2. The maximum absolute atomic E-state index is 11.7. The minimum Gasteiger partial charge on any atom is -0.399 e. The number of carbonyl (C=O) groups excluding carboxylic acids is 1. The van der Waals surface area contributed by atoms with Gasteiger partial charge in [-0.3, -0.25) is 0 Å². The van der Waals surface area contributed by atoms with Crippen molar-refractivity contribution in [1.82, 2.24) is 0 Å². The highest BCUT2D eigenvalue weighted by Gasteiger charge is 2.18. The van der Waals surface area contributed by atoms with E-state index < -0.39 is 6.03 Å². The number of carbonyl (C=O) groups is 1. The third kappa shape index (κ3) is 3.79. The standard InChI is InChI=1S/C14H12Cl2N4OS/c15-11-5-4-9(7-12(11)16)19-14(22)20(13(18)21)10-3-1-2-8(17)6-10/h1-7H,17H2,(H2,18,21)(H,19,22). The number of hydrogen-bond acceptors (Lipinski definition) is 3. The summed E-state index contributed by atoms with van der Waals surface area (Å²) < 4.78 is 0. The van der Waals surface area contributed by atoms with E-state index in [2.05, 4.69) is 5.32 Å². The highest BCUT2D eigenvalue weighted by molar-refractivity contribution is 7.80. The van der Waals surface area contributed by atoms with Gasteiger partial charge in [0.25, 0.3) is 0 Å². The number of nitrogens with two attached hydrogens (primary N) is 2. The molecular formula is C14H12Cl2N4OS. The summed E-state index contributed by atoms with van der Waals surface area (Å²) in [6.45, 7) is 0. The predicted octanol–water partition coefficient (Wildman–Crippen LogP) is 3.86. The average Bonchev–Trinajstić information content (AvgIpc) is 2.42. The van der Waals surface area contributed by atoms with Crippen LogP contribution < -0.4 is 21.7 Å². The molecule has 2 amide bonds. The second-order valence-electron chi connectivity index (χ2n) is 4.33. The number of nitrogens with zero attached hydrogens (tertiary/aromatic N) is 1. The molecule has 0 atom stereocenters. The van der Waals surface area contributed by atoms with Gasteiger partial charge in [-0.15, -0.1) is 0 Å². The van der Waals surface area contributed by atoms with Gasteiger partial charge in [0.05, 0.1) is 15.7 Å². The molecule has 8 heteroatoms. The number of nitrogen functional groups attached to an aromatic ring is 1. The largest absolute Gasteiger partial charge is 0.399 e. The minimum atomic E-state index is -0.733. The number of hydrogen-bond donors (Lipinski definition) is 3. The number of halogens is 2. The molecule has 0 radical (unpaired) electrons. The SMILES string of the molecule is NC(=O)N(C(=S)Nc1ccc(Cl)c(Cl)c1)c1cccc(N)c1. The molecule has 0 spiro atoms. The topological polar surface area (TPSA) is 84.4 Å². The van der Waals surface area contributed by atoms with Crippen LogP contribution in [0.25, 0.3) is 0 Å². The van der Waals surface area contributed by atoms with Crippen LogP contribution in [0.2, 0.25) is 10.0 Å². The van der Waals surface area contributed by atoms with Gasteiger partial charge in [0.1, 0.15) is 0 Å². The lowest BCUT2D eigenvalue weighted by Crippen LogP contribution is -2.43. The molecule has 0 saturated carbocycles. The van der Waals surface area contributed by atoms with Crippen LogP contribution >= 0.6 is 35.4 Å². The molecule has 114 valence electrons. The Labute approximate surface area is 142 Å². The Kier molecular flexibility index (Phi) is 5.07. The summed E-state index contributed by atoms with van der Waals surface area (Å²) in [5.74, 6) is 0. The van der Waals surface area contributed by atoms with Crippen LogP contribution in [0.15, 0.2) is 42.5 Å². The molecule has 5 N–H and O–H groups in total. The molecule has 0 aromatic heterocycles. The van der Waals surface area contributed by atoms with Crippen LogP contribution in [0.4, 0.5) is 21.9 Å². The van der Waals surface area contributed by atoms with E-state index in [1.807, 2.05) is 0 Å². The number of nitrogens with one attached hydrogen (secondary N) is 1. The quantitative estimate of drug-likeness (QED) is 0.564. The molecule has 0 unspecified atom stereocenters. The summed E-state index contributed by atoms with van der Waals surface area (Å²) in [4.78, 5) is 12.8. The fourth-order valence-electron chi connectivity index (χ4n) is 1.76. The van der Waals surface area contributed by atoms with Crippen LogP contribution in [0.5, 0.6) is 0 Å². The van der Waals surface area contributed by atoms with E-state index in [9.17, 15) is 4.79 Å². The van der Waals surface area contributed by atoms with Crippen LogP contribution in [-0.2, 0) is 0 Å². The minimum absolute atomic E-state index is 0.0940. The van der Waals surface area contributed by atoms with E-state index in [1.54, 1.807) is 42.5 Å². The van der Waals surface area contributed by atoms with E-state index in [0.29, 0.717) is 27.1 Å². The van der Waals surface area contributed by atoms with Gasteiger partial charge in [-0.2, -0.15) is 0 Å². The average molecular weight is 355 g/mol. The molecule has 0 bridgehead atoms. The zero-order chi connectivity index (χ0) is 16.3. The predicted molar refractivity (Wildman–Crippen MR) is 95.6 cm³/mol. The van der Waals surface area contributed by atoms with E-state index in [0.717, 1.165) is 4.90 Å². The van der Waals surface area contributed by atoms with Gasteiger partial charge in [0, 0.05) is 11.4 Å². The molecular weight excluding hydrogens is 343 g/mol. The van der Waals surface area contributed by atoms with Crippen molar-refractivity contribution in [2.45, 2.75) is 0 Å². The van der Waals surface area contributed by atoms with Crippen molar-refractivity contribution in [3.05, 3.63) is 52.5 Å². The normalized spacial score (nSPS) is 10.1. The summed E-state index contributed by atoms with van der Waals surface area (Å²) in [5.41, 5.74) is 12.6. The number of urea groups is 1. The molecule has 22 heavy (non-hydrogen) atoms. The van der Waals surface area contributed by atoms with E-state index >= 15 is 0 Å². The lowest BCUT2D eigenvalue weighted by atomic mass is 10.2. The number of primary amides is 1. The number of thiocarbonyl (C=S) groups is 1. The second kappa shape index (κ2) is 6.83. The van der Waals surface area contributed by atoms with Gasteiger partial charge in [-0.1, -0.05) is 29.3 Å². The zero-order valence-electron chi connectivity index (χ0n) is 11.2. The van der Waals surface area contributed by atoms with Crippen LogP contribution in [0.1, 0.15) is 0 Å². The third-order valence-electron chi connectivity index (χ3n) is 2.72. The monoisotopic (exact) mass is 354 g/mol. The summed E-state index contributed by atoms with van der Waals surface area (Å²) in [5, 5.41) is 3.76. The molecule has 2 aromatic rings. The Morgan fingerprint density at radius 3 is 2.45 bits per heavy atom. The smallest absolute Gasteiger partial charge is 0.325 e. The fraction of sp³-hybridized carbons (Fsp3) is 0. The molecule has 5 nitrogen and oxygen atoms in total. The van der Waals surface area contributed by atoms with Gasteiger partial charge in [0.2, 0.25) is 0 Å². The van der Waals surface area contributed by atoms with Crippen LogP contribution in [0, 0.1) is 0 Å². The van der Waals surface area contributed by atoms with E-state index in [1.165, 1.54) is 0 Å². The summed E-state index contributed by atoms with van der Waals surface area (Å²) >= 11 is 17.0. The highest BCUT2D eigenvalue weighted by Crippen LogP contribution is 2.26. The number of amides is 2. The maximum atomic E-state index is 11.7. The molecule has 2 rings (SSSR count). The van der Waals surface area contributed by atoms with E-state index in [-0.39, 0.29) is 5.11 Å². The molecule has 0 aliphatic heterocycles. The zero-order valence-corrected chi connectivity index (χ0v) is 13.5. The van der Waals surface area contributed by atoms with Crippen molar-refractivity contribution in [1.29, 1.82) is 0 Å². The number of rotatable bonds is 2. The Hall–Kier alpha value is -2.02. The molecule has 0 aliphatic carbocycles. The van der Waals surface area contributed by atoms with Gasteiger partial charge in [0.15, 0.2) is 5.11 Å². The first-order chi connectivity index (χ1) is 10.4. The van der Waals surface area contributed by atoms with Crippen molar-refractivity contribution in [3.63, 3.8) is 0 Å². The van der Waals surface area contributed by atoms with Gasteiger partial charge in [-0.05, 0) is 48.6 Å². The first-order valence-electron chi connectivity index (χ1n) is 6.09. The summed E-state index contributed by atoms with van der Waals surface area (Å²) in [7, 11) is 0. The Morgan fingerprint density at radius 1 is 1.14 bits per heavy atom. The molecule has 0 fully saturated rings. The Balaban J connectivity index is 2.27. The van der Waals surface area contributed by atoms with Crippen molar-refractivity contribution < 1.29 is 4.79 Å².